The minimum atomic E-state index is -0.352. The zero-order valence-electron chi connectivity index (χ0n) is 13.8. The quantitative estimate of drug-likeness (QED) is 0.923. The molecule has 6 nitrogen and oxygen atoms in total. The molecule has 124 valence electrons. The molecule has 0 aliphatic carbocycles. The van der Waals surface area contributed by atoms with E-state index in [1.807, 2.05) is 20.8 Å². The second kappa shape index (κ2) is 6.29. The van der Waals surface area contributed by atoms with Crippen molar-refractivity contribution in [2.75, 3.05) is 13.1 Å². The molecule has 3 rings (SSSR count). The average molecular weight is 317 g/mol. The van der Waals surface area contributed by atoms with Crippen LogP contribution in [0.1, 0.15) is 20.8 Å². The van der Waals surface area contributed by atoms with Gasteiger partial charge in [0.1, 0.15) is 0 Å². The van der Waals surface area contributed by atoms with E-state index in [-0.39, 0.29) is 29.5 Å². The fourth-order valence-electron chi connectivity index (χ4n) is 3.32. The Balaban J connectivity index is 1.89. The molecule has 0 amide bonds. The smallest absolute Gasteiger partial charge is 0.328 e. The Morgan fingerprint density at radius 3 is 2.57 bits per heavy atom. The molecular formula is C17H23N3O3. The molecule has 0 saturated carbocycles. The number of benzene rings is 1. The van der Waals surface area contributed by atoms with Crippen LogP contribution in [0.15, 0.2) is 33.9 Å². The lowest BCUT2D eigenvalue weighted by molar-refractivity contribution is -0.0801. The average Bonchev–Trinajstić information content (AvgIpc) is 2.50. The SMILES string of the molecule is CC1CN(C(C)Cn2c(=O)[nH]c3ccccc3c2=O)CC(C)O1. The Labute approximate surface area is 134 Å². The van der Waals surface area contributed by atoms with Gasteiger partial charge < -0.3 is 9.72 Å². The normalized spacial score (nSPS) is 24.0. The van der Waals surface area contributed by atoms with E-state index in [0.29, 0.717) is 17.4 Å². The van der Waals surface area contributed by atoms with Gasteiger partial charge in [0.15, 0.2) is 0 Å². The molecule has 3 unspecified atom stereocenters. The van der Waals surface area contributed by atoms with Crippen LogP contribution in [0.2, 0.25) is 0 Å². The maximum absolute atomic E-state index is 12.6. The van der Waals surface area contributed by atoms with Crippen LogP contribution in [0, 0.1) is 0 Å². The van der Waals surface area contributed by atoms with Gasteiger partial charge in [0.25, 0.3) is 5.56 Å². The van der Waals surface area contributed by atoms with Gasteiger partial charge in [0.2, 0.25) is 0 Å². The van der Waals surface area contributed by atoms with Crippen molar-refractivity contribution in [2.45, 2.75) is 45.6 Å². The summed E-state index contributed by atoms with van der Waals surface area (Å²) >= 11 is 0. The van der Waals surface area contributed by atoms with Crippen LogP contribution in [-0.2, 0) is 11.3 Å². The number of hydrogen-bond donors (Lipinski definition) is 1. The summed E-state index contributed by atoms with van der Waals surface area (Å²) in [6, 6.07) is 7.19. The minimum absolute atomic E-state index is 0.0868. The number of ether oxygens (including phenoxy) is 1. The van der Waals surface area contributed by atoms with E-state index in [1.165, 1.54) is 4.57 Å². The van der Waals surface area contributed by atoms with Crippen LogP contribution in [0.4, 0.5) is 0 Å². The van der Waals surface area contributed by atoms with Gasteiger partial charge in [-0.25, -0.2) is 4.79 Å². The molecule has 1 fully saturated rings. The lowest BCUT2D eigenvalue weighted by atomic mass is 10.1. The summed E-state index contributed by atoms with van der Waals surface area (Å²) < 4.78 is 7.05. The maximum Gasteiger partial charge on any atom is 0.328 e. The molecule has 2 aromatic rings. The third-order valence-corrected chi connectivity index (χ3v) is 4.41. The molecular weight excluding hydrogens is 294 g/mol. The topological polar surface area (TPSA) is 67.3 Å². The van der Waals surface area contributed by atoms with Crippen molar-refractivity contribution in [2.24, 2.45) is 0 Å². The van der Waals surface area contributed by atoms with Crippen molar-refractivity contribution < 1.29 is 4.74 Å². The fraction of sp³-hybridized carbons (Fsp3) is 0.529. The molecule has 3 atom stereocenters. The van der Waals surface area contributed by atoms with E-state index in [4.69, 9.17) is 4.74 Å². The van der Waals surface area contributed by atoms with Crippen LogP contribution >= 0.6 is 0 Å². The van der Waals surface area contributed by atoms with Crippen molar-refractivity contribution in [1.82, 2.24) is 14.5 Å². The van der Waals surface area contributed by atoms with Crippen molar-refractivity contribution in [3.05, 3.63) is 45.1 Å². The van der Waals surface area contributed by atoms with Crippen LogP contribution in [0.3, 0.4) is 0 Å². The lowest BCUT2D eigenvalue weighted by Gasteiger charge is -2.39. The van der Waals surface area contributed by atoms with Crippen molar-refractivity contribution in [3.63, 3.8) is 0 Å². The van der Waals surface area contributed by atoms with Crippen molar-refractivity contribution in [1.29, 1.82) is 0 Å². The minimum Gasteiger partial charge on any atom is -0.373 e. The van der Waals surface area contributed by atoms with Crippen LogP contribution in [-0.4, -0.2) is 45.8 Å². The summed E-state index contributed by atoms with van der Waals surface area (Å²) in [5.74, 6) is 0. The van der Waals surface area contributed by atoms with E-state index >= 15 is 0 Å². The predicted molar refractivity (Wildman–Crippen MR) is 89.9 cm³/mol. The summed E-state index contributed by atoms with van der Waals surface area (Å²) in [5, 5.41) is 0.544. The van der Waals surface area contributed by atoms with Gasteiger partial charge in [-0.05, 0) is 32.9 Å². The van der Waals surface area contributed by atoms with Crippen LogP contribution in [0.25, 0.3) is 10.9 Å². The first kappa shape index (κ1) is 16.0. The first-order valence-electron chi connectivity index (χ1n) is 8.07. The molecule has 0 spiro atoms. The number of nitrogens with one attached hydrogen (secondary N) is 1. The molecule has 1 N–H and O–H groups in total. The molecule has 1 aromatic carbocycles. The Morgan fingerprint density at radius 1 is 1.22 bits per heavy atom. The molecule has 1 aromatic heterocycles. The van der Waals surface area contributed by atoms with Gasteiger partial charge >= 0.3 is 5.69 Å². The number of para-hydroxylation sites is 1. The number of H-pyrrole nitrogens is 1. The third-order valence-electron chi connectivity index (χ3n) is 4.41. The van der Waals surface area contributed by atoms with Gasteiger partial charge in [0.05, 0.1) is 23.1 Å². The highest BCUT2D eigenvalue weighted by Gasteiger charge is 2.26. The van der Waals surface area contributed by atoms with E-state index in [2.05, 4.69) is 9.88 Å². The number of fused-ring (bicyclic) bond motifs is 1. The highest BCUT2D eigenvalue weighted by Crippen LogP contribution is 2.14. The Kier molecular flexibility index (Phi) is 4.37. The molecule has 0 radical (unpaired) electrons. The summed E-state index contributed by atoms with van der Waals surface area (Å²) in [6.07, 6.45) is 0.320. The zero-order chi connectivity index (χ0) is 16.6. The van der Waals surface area contributed by atoms with Crippen LogP contribution < -0.4 is 11.2 Å². The second-order valence-corrected chi connectivity index (χ2v) is 6.45. The Bertz CT molecular complexity index is 801. The van der Waals surface area contributed by atoms with E-state index in [1.54, 1.807) is 24.3 Å². The van der Waals surface area contributed by atoms with Crippen molar-refractivity contribution in [3.8, 4) is 0 Å². The molecule has 2 heterocycles. The summed E-state index contributed by atoms with van der Waals surface area (Å²) in [4.78, 5) is 29.9. The first-order chi connectivity index (χ1) is 11.0. The fourth-order valence-corrected chi connectivity index (χ4v) is 3.32. The number of nitrogens with zero attached hydrogens (tertiary/aromatic N) is 2. The number of rotatable bonds is 3. The molecule has 1 aliphatic heterocycles. The van der Waals surface area contributed by atoms with Crippen LogP contribution in [0.5, 0.6) is 0 Å². The number of aromatic nitrogens is 2. The summed E-state index contributed by atoms with van der Waals surface area (Å²) in [5.41, 5.74) is 0.000447. The first-order valence-corrected chi connectivity index (χ1v) is 8.07. The summed E-state index contributed by atoms with van der Waals surface area (Å²) in [7, 11) is 0. The molecule has 0 bridgehead atoms. The van der Waals surface area contributed by atoms with Crippen molar-refractivity contribution >= 4 is 10.9 Å². The standard InChI is InChI=1S/C17H23N3O3/c1-11(19-9-12(2)23-13(3)10-19)8-20-16(21)14-6-4-5-7-15(14)18-17(20)22/h4-7,11-13H,8-10H2,1-3H3,(H,18,22). The predicted octanol–water partition coefficient (Wildman–Crippen LogP) is 1.19. The van der Waals surface area contributed by atoms with Gasteiger partial charge in [-0.3, -0.25) is 14.3 Å². The monoisotopic (exact) mass is 317 g/mol. The van der Waals surface area contributed by atoms with Gasteiger partial charge in [-0.1, -0.05) is 12.1 Å². The number of aromatic amines is 1. The molecule has 1 saturated heterocycles. The number of morpholine rings is 1. The maximum atomic E-state index is 12.6. The number of hydrogen-bond acceptors (Lipinski definition) is 4. The van der Waals surface area contributed by atoms with E-state index in [9.17, 15) is 9.59 Å². The van der Waals surface area contributed by atoms with Gasteiger partial charge in [-0.2, -0.15) is 0 Å². The molecule has 1 aliphatic rings. The van der Waals surface area contributed by atoms with Gasteiger partial charge in [0, 0.05) is 25.7 Å². The molecule has 6 heteroatoms. The molecule has 23 heavy (non-hydrogen) atoms. The van der Waals surface area contributed by atoms with Gasteiger partial charge in [-0.15, -0.1) is 0 Å². The highest BCUT2D eigenvalue weighted by molar-refractivity contribution is 5.76. The zero-order valence-corrected chi connectivity index (χ0v) is 13.8. The second-order valence-electron chi connectivity index (χ2n) is 6.45. The Morgan fingerprint density at radius 2 is 1.87 bits per heavy atom. The Hall–Kier alpha value is -1.92. The van der Waals surface area contributed by atoms with E-state index in [0.717, 1.165) is 13.1 Å². The summed E-state index contributed by atoms with van der Waals surface area (Å²) in [6.45, 7) is 8.14. The largest absolute Gasteiger partial charge is 0.373 e. The highest BCUT2D eigenvalue weighted by atomic mass is 16.5. The lowest BCUT2D eigenvalue weighted by Crippen LogP contribution is -2.52. The third kappa shape index (κ3) is 3.23. The van der Waals surface area contributed by atoms with E-state index < -0.39 is 0 Å².